The van der Waals surface area contributed by atoms with Crippen molar-refractivity contribution in [2.45, 2.75) is 39.0 Å². The molecule has 0 spiro atoms. The quantitative estimate of drug-likeness (QED) is 0.484. The van der Waals surface area contributed by atoms with Crippen molar-refractivity contribution in [3.8, 4) is 11.8 Å². The monoisotopic (exact) mass is 315 g/mol. The first-order valence-electron chi connectivity index (χ1n) is 7.52. The topological polar surface area (TPSA) is 55.8 Å². The number of hydrogen-bond acceptors (Lipinski definition) is 4. The summed E-state index contributed by atoms with van der Waals surface area (Å²) in [6, 6.07) is 9.58. The van der Waals surface area contributed by atoms with Gasteiger partial charge in [-0.15, -0.1) is 0 Å². The Morgan fingerprint density at radius 1 is 1.30 bits per heavy atom. The highest BCUT2D eigenvalue weighted by Gasteiger charge is 2.38. The lowest BCUT2D eigenvalue weighted by atomic mass is 10.1. The number of amides is 1. The highest BCUT2D eigenvalue weighted by atomic mass is 16.6. The van der Waals surface area contributed by atoms with Crippen molar-refractivity contribution in [2.75, 3.05) is 13.2 Å². The highest BCUT2D eigenvalue weighted by Crippen LogP contribution is 2.20. The maximum atomic E-state index is 11.8. The summed E-state index contributed by atoms with van der Waals surface area (Å²) >= 11 is 0. The lowest BCUT2D eigenvalue weighted by Gasteiger charge is -2.39. The van der Waals surface area contributed by atoms with Crippen LogP contribution in [0, 0.1) is 11.8 Å². The minimum Gasteiger partial charge on any atom is -0.459 e. The Bertz CT molecular complexity index is 622. The Hall–Kier alpha value is -2.32. The third kappa shape index (κ3) is 5.42. The number of likely N-dealkylation sites (tertiary alicyclic amines) is 1. The number of nitrogens with zero attached hydrogens (tertiary/aromatic N) is 1. The predicted octanol–water partition coefficient (Wildman–Crippen LogP) is 1.95. The molecular formula is C18H21NO4. The molecule has 5 heteroatoms. The van der Waals surface area contributed by atoms with Crippen LogP contribution in [0.2, 0.25) is 0 Å². The normalized spacial score (nSPS) is 17.1. The van der Waals surface area contributed by atoms with Gasteiger partial charge < -0.3 is 14.4 Å². The molecule has 1 amide bonds. The molecule has 1 aliphatic heterocycles. The van der Waals surface area contributed by atoms with Gasteiger partial charge in [-0.1, -0.05) is 30.0 Å². The van der Waals surface area contributed by atoms with Gasteiger partial charge in [0, 0.05) is 5.56 Å². The van der Waals surface area contributed by atoms with Crippen LogP contribution in [0.4, 0.5) is 0 Å². The third-order valence-electron chi connectivity index (χ3n) is 3.09. The molecule has 5 nitrogen and oxygen atoms in total. The van der Waals surface area contributed by atoms with E-state index >= 15 is 0 Å². The number of benzene rings is 1. The van der Waals surface area contributed by atoms with E-state index in [1.165, 1.54) is 4.90 Å². The third-order valence-corrected chi connectivity index (χ3v) is 3.09. The number of carbonyl (C=O) groups excluding carboxylic acids is 2. The Labute approximate surface area is 136 Å². The van der Waals surface area contributed by atoms with Crippen LogP contribution in [0.25, 0.3) is 0 Å². The molecule has 122 valence electrons. The molecule has 1 aromatic carbocycles. The summed E-state index contributed by atoms with van der Waals surface area (Å²) in [6.07, 6.45) is -0.129. The average Bonchev–Trinajstić information content (AvgIpc) is 2.47. The highest BCUT2D eigenvalue weighted by molar-refractivity contribution is 5.87. The van der Waals surface area contributed by atoms with Gasteiger partial charge >= 0.3 is 5.97 Å². The molecule has 1 fully saturated rings. The molecule has 1 saturated heterocycles. The van der Waals surface area contributed by atoms with Gasteiger partial charge in [-0.25, -0.2) is 0 Å². The Balaban J connectivity index is 1.79. The van der Waals surface area contributed by atoms with E-state index in [2.05, 4.69) is 11.8 Å². The van der Waals surface area contributed by atoms with Crippen LogP contribution >= 0.6 is 0 Å². The summed E-state index contributed by atoms with van der Waals surface area (Å²) in [4.78, 5) is 24.7. The number of ether oxygens (including phenoxy) is 2. The van der Waals surface area contributed by atoms with Crippen molar-refractivity contribution in [3.05, 3.63) is 35.9 Å². The van der Waals surface area contributed by atoms with Crippen LogP contribution in [-0.4, -0.2) is 41.8 Å². The molecule has 23 heavy (non-hydrogen) atoms. The smallest absolute Gasteiger partial charge is 0.326 e. The number of β-lactam (4-membered cyclic amide) rings is 1. The molecule has 0 bridgehead atoms. The minimum atomic E-state index is -0.567. The van der Waals surface area contributed by atoms with E-state index in [9.17, 15) is 9.59 Å². The first kappa shape index (κ1) is 17.0. The second-order valence-electron chi connectivity index (χ2n) is 6.25. The van der Waals surface area contributed by atoms with E-state index in [-0.39, 0.29) is 25.5 Å². The zero-order valence-corrected chi connectivity index (χ0v) is 13.7. The number of carbonyl (C=O) groups is 2. The van der Waals surface area contributed by atoms with E-state index in [0.29, 0.717) is 0 Å². The zero-order chi connectivity index (χ0) is 16.9. The van der Waals surface area contributed by atoms with Crippen LogP contribution in [-0.2, 0) is 19.1 Å². The lowest BCUT2D eigenvalue weighted by molar-refractivity contribution is -0.182. The number of hydrogen-bond donors (Lipinski definition) is 0. The van der Waals surface area contributed by atoms with Crippen LogP contribution in [0.3, 0.4) is 0 Å². The van der Waals surface area contributed by atoms with Gasteiger partial charge in [-0.05, 0) is 32.9 Å². The van der Waals surface area contributed by atoms with Crippen molar-refractivity contribution >= 4 is 11.9 Å². The average molecular weight is 315 g/mol. The fourth-order valence-electron chi connectivity index (χ4n) is 2.07. The SMILES string of the molecule is CC(C)(C)OC(=O)CN1C(=O)CC1OCC#Cc1ccccc1. The van der Waals surface area contributed by atoms with E-state index in [1.807, 2.05) is 30.3 Å². The largest absolute Gasteiger partial charge is 0.459 e. The maximum Gasteiger partial charge on any atom is 0.326 e. The molecule has 1 aromatic rings. The summed E-state index contributed by atoms with van der Waals surface area (Å²) in [5.41, 5.74) is 0.342. The van der Waals surface area contributed by atoms with Gasteiger partial charge in [0.2, 0.25) is 5.91 Å². The van der Waals surface area contributed by atoms with Crippen LogP contribution in [0.15, 0.2) is 30.3 Å². The Morgan fingerprint density at radius 2 is 2.00 bits per heavy atom. The van der Waals surface area contributed by atoms with Crippen LogP contribution < -0.4 is 0 Å². The molecule has 1 unspecified atom stereocenters. The number of esters is 1. The van der Waals surface area contributed by atoms with Gasteiger partial charge in [0.1, 0.15) is 25.0 Å². The molecule has 0 saturated carbocycles. The lowest BCUT2D eigenvalue weighted by Crippen LogP contribution is -2.56. The summed E-state index contributed by atoms with van der Waals surface area (Å²) in [5, 5.41) is 0. The summed E-state index contributed by atoms with van der Waals surface area (Å²) in [7, 11) is 0. The van der Waals surface area contributed by atoms with Crippen molar-refractivity contribution in [3.63, 3.8) is 0 Å². The van der Waals surface area contributed by atoms with Gasteiger partial charge in [0.15, 0.2) is 0 Å². The molecule has 1 atom stereocenters. The van der Waals surface area contributed by atoms with Gasteiger partial charge in [0.25, 0.3) is 0 Å². The summed E-state index contributed by atoms with van der Waals surface area (Å²) in [5.74, 6) is 5.33. The molecule has 0 N–H and O–H groups in total. The first-order valence-corrected chi connectivity index (χ1v) is 7.52. The Kier molecular flexibility index (Phi) is 5.41. The Morgan fingerprint density at radius 3 is 2.61 bits per heavy atom. The van der Waals surface area contributed by atoms with Gasteiger partial charge in [-0.2, -0.15) is 0 Å². The maximum absolute atomic E-state index is 11.8. The van der Waals surface area contributed by atoms with Crippen molar-refractivity contribution in [2.24, 2.45) is 0 Å². The van der Waals surface area contributed by atoms with Gasteiger partial charge in [0.05, 0.1) is 6.42 Å². The van der Waals surface area contributed by atoms with E-state index in [4.69, 9.17) is 9.47 Å². The fourth-order valence-corrected chi connectivity index (χ4v) is 2.07. The fraction of sp³-hybridized carbons (Fsp3) is 0.444. The summed E-state index contributed by atoms with van der Waals surface area (Å²) < 4.78 is 10.7. The summed E-state index contributed by atoms with van der Waals surface area (Å²) in [6.45, 7) is 5.48. The predicted molar refractivity (Wildman–Crippen MR) is 85.2 cm³/mol. The van der Waals surface area contributed by atoms with E-state index < -0.39 is 17.8 Å². The number of rotatable bonds is 4. The molecule has 1 heterocycles. The second kappa shape index (κ2) is 7.30. The molecular weight excluding hydrogens is 294 g/mol. The van der Waals surface area contributed by atoms with Crippen LogP contribution in [0.5, 0.6) is 0 Å². The van der Waals surface area contributed by atoms with Crippen molar-refractivity contribution in [1.82, 2.24) is 4.90 Å². The molecule has 1 aliphatic rings. The van der Waals surface area contributed by atoms with E-state index in [1.54, 1.807) is 20.8 Å². The molecule has 0 radical (unpaired) electrons. The second-order valence-corrected chi connectivity index (χ2v) is 6.25. The van der Waals surface area contributed by atoms with Gasteiger partial charge in [-0.3, -0.25) is 9.59 Å². The molecule has 2 rings (SSSR count). The van der Waals surface area contributed by atoms with Crippen LogP contribution in [0.1, 0.15) is 32.8 Å². The zero-order valence-electron chi connectivity index (χ0n) is 13.7. The van der Waals surface area contributed by atoms with Crippen molar-refractivity contribution < 1.29 is 19.1 Å². The van der Waals surface area contributed by atoms with E-state index in [0.717, 1.165) is 5.56 Å². The first-order chi connectivity index (χ1) is 10.8. The molecule has 0 aromatic heterocycles. The molecule has 0 aliphatic carbocycles. The minimum absolute atomic E-state index is 0.0904. The standard InChI is InChI=1S/C18H21NO4/c1-18(2,3)23-17(21)13-19-15(20)12-16(19)22-11-7-10-14-8-5-4-6-9-14/h4-6,8-9,16H,11-13H2,1-3H3. The van der Waals surface area contributed by atoms with Crippen molar-refractivity contribution in [1.29, 1.82) is 0 Å².